The van der Waals surface area contributed by atoms with Crippen LogP contribution in [0.15, 0.2) is 18.2 Å². The van der Waals surface area contributed by atoms with Gasteiger partial charge in [-0.3, -0.25) is 4.90 Å². The number of hydrogen-bond acceptors (Lipinski definition) is 6. The predicted molar refractivity (Wildman–Crippen MR) is 114 cm³/mol. The molecule has 2 aromatic rings. The number of nitrogen functional groups attached to an aromatic ring is 1. The lowest BCUT2D eigenvalue weighted by atomic mass is 9.86. The summed E-state index contributed by atoms with van der Waals surface area (Å²) >= 11 is 0. The molecule has 3 saturated heterocycles. The molecular weight excluding hydrogens is 377 g/mol. The van der Waals surface area contributed by atoms with Crippen LogP contribution >= 0.6 is 13.5 Å². The summed E-state index contributed by atoms with van der Waals surface area (Å²) in [4.78, 5) is 10.9. The highest BCUT2D eigenvalue weighted by molar-refractivity contribution is 7.59. The number of aryl methyl sites for hydroxylation is 2. The smallest absolute Gasteiger partial charge is 0.153 e. The molecule has 6 nitrogen and oxygen atoms in total. The minimum absolute atomic E-state index is 0. The van der Waals surface area contributed by atoms with Crippen LogP contribution in [0.4, 0.5) is 15.9 Å². The fraction of sp³-hybridized carbons (Fsp3) is 0.500. The third kappa shape index (κ3) is 4.33. The Balaban J connectivity index is 0.00000225. The number of ether oxygens (including phenoxy) is 1. The molecule has 0 unspecified atom stereocenters. The highest BCUT2D eigenvalue weighted by Gasteiger charge is 2.35. The van der Waals surface area contributed by atoms with Gasteiger partial charge in [-0.05, 0) is 51.8 Å². The zero-order chi connectivity index (χ0) is 19.0. The van der Waals surface area contributed by atoms with Crippen LogP contribution in [0.2, 0.25) is 0 Å². The summed E-state index contributed by atoms with van der Waals surface area (Å²) in [6, 6.07) is 5.09. The molecule has 5 rings (SSSR count). The third-order valence-corrected chi connectivity index (χ3v) is 5.60. The molecule has 152 valence electrons. The largest absolute Gasteiger partial charge is 0.489 e. The van der Waals surface area contributed by atoms with E-state index in [1.165, 1.54) is 18.9 Å². The van der Waals surface area contributed by atoms with Gasteiger partial charge in [0.05, 0.1) is 11.4 Å². The van der Waals surface area contributed by atoms with Crippen LogP contribution in [0.25, 0.3) is 0 Å². The van der Waals surface area contributed by atoms with Crippen molar-refractivity contribution in [3.8, 4) is 5.75 Å². The molecule has 0 saturated carbocycles. The quantitative estimate of drug-likeness (QED) is 0.796. The summed E-state index contributed by atoms with van der Waals surface area (Å²) in [7, 11) is 0. The first kappa shape index (κ1) is 20.7. The summed E-state index contributed by atoms with van der Waals surface area (Å²) in [5, 5.41) is 3.11. The molecular formula is C20H28FN5OS. The highest BCUT2D eigenvalue weighted by Crippen LogP contribution is 2.31. The van der Waals surface area contributed by atoms with Gasteiger partial charge in [0.25, 0.3) is 0 Å². The van der Waals surface area contributed by atoms with Crippen molar-refractivity contribution in [1.82, 2.24) is 14.9 Å². The average Bonchev–Trinajstić information content (AvgIpc) is 2.65. The first-order valence-electron chi connectivity index (χ1n) is 9.51. The summed E-state index contributed by atoms with van der Waals surface area (Å²) in [5.74, 6) is 2.06. The van der Waals surface area contributed by atoms with Crippen LogP contribution in [0.1, 0.15) is 29.9 Å². The molecule has 3 aliphatic heterocycles. The van der Waals surface area contributed by atoms with Crippen molar-refractivity contribution in [2.24, 2.45) is 5.92 Å². The van der Waals surface area contributed by atoms with E-state index in [1.54, 1.807) is 13.0 Å². The van der Waals surface area contributed by atoms with Gasteiger partial charge < -0.3 is 15.8 Å². The van der Waals surface area contributed by atoms with E-state index in [2.05, 4.69) is 20.2 Å². The van der Waals surface area contributed by atoms with E-state index >= 15 is 0 Å². The number of nitrogens with one attached hydrogen (secondary N) is 1. The monoisotopic (exact) mass is 405 g/mol. The van der Waals surface area contributed by atoms with Gasteiger partial charge in [0.2, 0.25) is 0 Å². The number of fused-ring (bicyclic) bond motifs is 3. The molecule has 1 atom stereocenters. The molecule has 4 heterocycles. The summed E-state index contributed by atoms with van der Waals surface area (Å²) in [5.41, 5.74) is 7.76. The van der Waals surface area contributed by atoms with Crippen molar-refractivity contribution >= 4 is 25.0 Å². The summed E-state index contributed by atoms with van der Waals surface area (Å²) in [6.45, 7) is 7.20. The normalized spacial score (nSPS) is 23.2. The minimum atomic E-state index is -0.289. The first-order chi connectivity index (χ1) is 13.0. The topological polar surface area (TPSA) is 76.3 Å². The fourth-order valence-corrected chi connectivity index (χ4v) is 4.00. The number of nitrogens with zero attached hydrogens (tertiary/aromatic N) is 3. The number of rotatable bonds is 5. The lowest BCUT2D eigenvalue weighted by Gasteiger charge is -2.44. The van der Waals surface area contributed by atoms with E-state index in [0.29, 0.717) is 46.8 Å². The minimum Gasteiger partial charge on any atom is -0.489 e. The van der Waals surface area contributed by atoms with E-state index in [0.717, 1.165) is 19.6 Å². The number of aromatic nitrogens is 2. The number of hydrogen-bond donors (Lipinski definition) is 2. The lowest BCUT2D eigenvalue weighted by Crippen LogP contribution is -2.52. The van der Waals surface area contributed by atoms with E-state index in [9.17, 15) is 4.39 Å². The molecule has 3 fully saturated rings. The number of piperidine rings is 3. The molecule has 0 radical (unpaired) electrons. The fourth-order valence-electron chi connectivity index (χ4n) is 4.00. The van der Waals surface area contributed by atoms with E-state index in [4.69, 9.17) is 10.5 Å². The van der Waals surface area contributed by atoms with Gasteiger partial charge in [-0.15, -0.1) is 0 Å². The second kappa shape index (κ2) is 8.53. The Morgan fingerprint density at radius 1 is 1.25 bits per heavy atom. The number of halogens is 1. The molecule has 3 N–H and O–H groups in total. The predicted octanol–water partition coefficient (Wildman–Crippen LogP) is 3.01. The second-order valence-electron chi connectivity index (χ2n) is 7.52. The van der Waals surface area contributed by atoms with Gasteiger partial charge in [-0.25, -0.2) is 14.4 Å². The van der Waals surface area contributed by atoms with Gasteiger partial charge >= 0.3 is 0 Å². The maximum atomic E-state index is 14.6. The van der Waals surface area contributed by atoms with E-state index in [-0.39, 0.29) is 25.4 Å². The highest BCUT2D eigenvalue weighted by atomic mass is 32.1. The van der Waals surface area contributed by atoms with Crippen LogP contribution in [0, 0.1) is 25.6 Å². The zero-order valence-corrected chi connectivity index (χ0v) is 17.3. The lowest BCUT2D eigenvalue weighted by molar-refractivity contribution is -0.00789. The number of benzene rings is 1. The van der Waals surface area contributed by atoms with Crippen molar-refractivity contribution in [2.75, 3.05) is 30.7 Å². The van der Waals surface area contributed by atoms with Gasteiger partial charge in [-0.1, -0.05) is 6.07 Å². The molecule has 3 aliphatic rings. The van der Waals surface area contributed by atoms with Crippen molar-refractivity contribution in [3.05, 3.63) is 41.1 Å². The average molecular weight is 406 g/mol. The van der Waals surface area contributed by atoms with E-state index < -0.39 is 0 Å². The molecule has 8 heteroatoms. The van der Waals surface area contributed by atoms with Gasteiger partial charge in [0.1, 0.15) is 23.5 Å². The van der Waals surface area contributed by atoms with Crippen LogP contribution in [-0.4, -0.2) is 40.6 Å². The Morgan fingerprint density at radius 2 is 2.00 bits per heavy atom. The van der Waals surface area contributed by atoms with Crippen molar-refractivity contribution in [3.63, 3.8) is 0 Å². The Labute approximate surface area is 172 Å². The molecule has 2 bridgehead atoms. The summed E-state index contributed by atoms with van der Waals surface area (Å²) < 4.78 is 20.7. The van der Waals surface area contributed by atoms with Gasteiger partial charge in [-0.2, -0.15) is 13.5 Å². The molecule has 28 heavy (non-hydrogen) atoms. The van der Waals surface area contributed by atoms with Crippen LogP contribution in [0.3, 0.4) is 0 Å². The molecule has 0 amide bonds. The van der Waals surface area contributed by atoms with E-state index in [1.807, 2.05) is 13.0 Å². The van der Waals surface area contributed by atoms with Crippen molar-refractivity contribution in [1.29, 1.82) is 0 Å². The molecule has 1 aromatic carbocycles. The Hall–Kier alpha value is -2.06. The van der Waals surface area contributed by atoms with Crippen LogP contribution in [-0.2, 0) is 6.54 Å². The Kier molecular flexibility index (Phi) is 6.30. The Bertz CT molecular complexity index is 842. The molecule has 0 spiro atoms. The molecule has 0 aliphatic carbocycles. The van der Waals surface area contributed by atoms with Gasteiger partial charge in [0.15, 0.2) is 5.82 Å². The third-order valence-electron chi connectivity index (χ3n) is 5.60. The molecule has 1 aromatic heterocycles. The maximum Gasteiger partial charge on any atom is 0.153 e. The number of nitrogens with two attached hydrogens (primary N) is 1. The van der Waals surface area contributed by atoms with Crippen molar-refractivity contribution in [2.45, 2.75) is 39.3 Å². The van der Waals surface area contributed by atoms with Crippen molar-refractivity contribution < 1.29 is 9.13 Å². The SMILES string of the molecule is Cc1nc(C)c(N)c(NCc2ccc(O[C@@H]3CN4CCC3CC4)cc2F)n1.S. The first-order valence-corrected chi connectivity index (χ1v) is 9.51. The zero-order valence-electron chi connectivity index (χ0n) is 16.3. The maximum absolute atomic E-state index is 14.6. The van der Waals surface area contributed by atoms with Crippen LogP contribution < -0.4 is 15.8 Å². The summed E-state index contributed by atoms with van der Waals surface area (Å²) in [6.07, 6.45) is 2.52. The second-order valence-corrected chi connectivity index (χ2v) is 7.52. The standard InChI is InChI=1S/C20H26FN5O.H2S/c1-12-19(22)20(25-13(2)24-12)23-10-15-3-4-16(9-17(15)21)27-18-11-26-7-5-14(18)6-8-26;/h3-4,9,14,18H,5-8,10-11,22H2,1-2H3,(H,23,24,25);1H2/t18-;/m1./s1. The Morgan fingerprint density at radius 3 is 2.64 bits per heavy atom. The number of anilines is 2. The van der Waals surface area contributed by atoms with Crippen LogP contribution in [0.5, 0.6) is 5.75 Å². The van der Waals surface area contributed by atoms with Gasteiger partial charge in [0, 0.05) is 24.7 Å².